The van der Waals surface area contributed by atoms with E-state index >= 15 is 0 Å². The van der Waals surface area contributed by atoms with E-state index in [9.17, 15) is 4.79 Å². The van der Waals surface area contributed by atoms with Crippen molar-refractivity contribution < 1.29 is 4.79 Å². The zero-order valence-electron chi connectivity index (χ0n) is 17.0. The second-order valence-electron chi connectivity index (χ2n) is 6.99. The second-order valence-corrected chi connectivity index (χ2v) is 6.99. The molecule has 3 rings (SSSR count). The zero-order chi connectivity index (χ0) is 19.4. The summed E-state index contributed by atoms with van der Waals surface area (Å²) in [4.78, 5) is 20.7. The van der Waals surface area contributed by atoms with Crippen molar-refractivity contribution in [2.75, 3.05) is 38.1 Å². The number of nitrogens with zero attached hydrogens (tertiary/aromatic N) is 5. The first kappa shape index (κ1) is 22.2. The van der Waals surface area contributed by atoms with E-state index in [-0.39, 0.29) is 29.9 Å². The van der Waals surface area contributed by atoms with Crippen LogP contribution in [0.1, 0.15) is 16.7 Å². The van der Waals surface area contributed by atoms with Gasteiger partial charge in [-0.1, -0.05) is 23.8 Å². The van der Waals surface area contributed by atoms with Gasteiger partial charge in [0.25, 0.3) is 0 Å². The molecule has 152 valence electrons. The molecule has 7 nitrogen and oxygen atoms in total. The molecule has 0 saturated carbocycles. The second kappa shape index (κ2) is 9.90. The Balaban J connectivity index is 0.00000280. The molecule has 0 unspecified atom stereocenters. The number of benzene rings is 1. The number of nitrogens with one attached hydrogen (secondary N) is 1. The van der Waals surface area contributed by atoms with E-state index in [4.69, 9.17) is 0 Å². The Morgan fingerprint density at radius 1 is 1.29 bits per heavy atom. The number of aromatic nitrogens is 2. The topological polar surface area (TPSA) is 65.8 Å². The van der Waals surface area contributed by atoms with E-state index < -0.39 is 0 Å². The maximum Gasteiger partial charge on any atom is 0.246 e. The van der Waals surface area contributed by atoms with Crippen LogP contribution >= 0.6 is 24.0 Å². The number of aryl methyl sites for hydroxylation is 3. The number of hydrogen-bond acceptors (Lipinski definition) is 3. The van der Waals surface area contributed by atoms with E-state index in [1.54, 1.807) is 22.8 Å². The number of guanidine groups is 1. The highest BCUT2D eigenvalue weighted by atomic mass is 127. The van der Waals surface area contributed by atoms with Crippen LogP contribution in [-0.2, 0) is 18.3 Å². The van der Waals surface area contributed by atoms with Crippen LogP contribution in [0.5, 0.6) is 0 Å². The standard InChI is InChI=1S/C20H28N6O.HI/c1-15-5-6-17(16(2)11-15)7-8-22-20(21-3)25-9-10-26(19(27)14-25)18-12-23-24(4)13-18;/h5-6,11-13H,7-10,14H2,1-4H3,(H,21,22);1H. The van der Waals surface area contributed by atoms with Crippen LogP contribution in [-0.4, -0.2) is 59.8 Å². The summed E-state index contributed by atoms with van der Waals surface area (Å²) in [5.74, 6) is 0.838. The van der Waals surface area contributed by atoms with Crippen LogP contribution in [0.4, 0.5) is 5.69 Å². The van der Waals surface area contributed by atoms with Gasteiger partial charge in [-0.2, -0.15) is 5.10 Å². The molecule has 1 aromatic heterocycles. The van der Waals surface area contributed by atoms with Gasteiger partial charge >= 0.3 is 0 Å². The summed E-state index contributed by atoms with van der Waals surface area (Å²) >= 11 is 0. The van der Waals surface area contributed by atoms with E-state index in [0.29, 0.717) is 13.1 Å². The van der Waals surface area contributed by atoms with Gasteiger partial charge in [-0.25, -0.2) is 0 Å². The van der Waals surface area contributed by atoms with Crippen LogP contribution < -0.4 is 10.2 Å². The molecule has 1 aromatic carbocycles. The first-order chi connectivity index (χ1) is 13.0. The lowest BCUT2D eigenvalue weighted by molar-refractivity contribution is -0.120. The maximum absolute atomic E-state index is 12.6. The molecule has 2 heterocycles. The van der Waals surface area contributed by atoms with Gasteiger partial charge in [-0.3, -0.25) is 14.5 Å². The Labute approximate surface area is 183 Å². The van der Waals surface area contributed by atoms with Crippen molar-refractivity contribution in [3.05, 3.63) is 47.3 Å². The van der Waals surface area contributed by atoms with E-state index in [1.165, 1.54) is 16.7 Å². The van der Waals surface area contributed by atoms with Gasteiger partial charge in [0.05, 0.1) is 11.9 Å². The van der Waals surface area contributed by atoms with Gasteiger partial charge in [-0.05, 0) is 31.4 Å². The number of piperazine rings is 1. The molecule has 1 amide bonds. The summed E-state index contributed by atoms with van der Waals surface area (Å²) in [5.41, 5.74) is 4.78. The largest absolute Gasteiger partial charge is 0.356 e. The molecule has 1 N–H and O–H groups in total. The predicted octanol–water partition coefficient (Wildman–Crippen LogP) is 2.12. The molecule has 0 bridgehead atoms. The summed E-state index contributed by atoms with van der Waals surface area (Å²) in [7, 11) is 3.61. The number of rotatable bonds is 4. The normalized spacial score (nSPS) is 14.9. The highest BCUT2D eigenvalue weighted by Crippen LogP contribution is 2.16. The van der Waals surface area contributed by atoms with Crippen LogP contribution in [0.2, 0.25) is 0 Å². The Kier molecular flexibility index (Phi) is 7.85. The van der Waals surface area contributed by atoms with Crippen molar-refractivity contribution in [1.82, 2.24) is 20.0 Å². The number of aliphatic imine (C=N–C) groups is 1. The summed E-state index contributed by atoms with van der Waals surface area (Å²) in [6.07, 6.45) is 4.52. The molecule has 1 saturated heterocycles. The number of carbonyl (C=O) groups excluding carboxylic acids is 1. The quantitative estimate of drug-likeness (QED) is 0.400. The van der Waals surface area contributed by atoms with E-state index in [2.05, 4.69) is 47.5 Å². The van der Waals surface area contributed by atoms with Gasteiger partial charge in [0.2, 0.25) is 5.91 Å². The summed E-state index contributed by atoms with van der Waals surface area (Å²) in [5, 5.41) is 7.55. The summed E-state index contributed by atoms with van der Waals surface area (Å²) in [6.45, 7) is 6.73. The molecule has 0 atom stereocenters. The van der Waals surface area contributed by atoms with Crippen molar-refractivity contribution in [2.45, 2.75) is 20.3 Å². The van der Waals surface area contributed by atoms with Gasteiger partial charge in [0, 0.05) is 39.9 Å². The zero-order valence-corrected chi connectivity index (χ0v) is 19.3. The van der Waals surface area contributed by atoms with Crippen LogP contribution in [0, 0.1) is 13.8 Å². The summed E-state index contributed by atoms with van der Waals surface area (Å²) in [6, 6.07) is 6.54. The van der Waals surface area contributed by atoms with Crippen LogP contribution in [0.15, 0.2) is 35.6 Å². The molecule has 8 heteroatoms. The molecule has 0 radical (unpaired) electrons. The third kappa shape index (κ3) is 5.24. The number of hydrogen-bond donors (Lipinski definition) is 1. The van der Waals surface area contributed by atoms with Gasteiger partial charge in [-0.15, -0.1) is 24.0 Å². The molecule has 1 aliphatic rings. The molecule has 0 aliphatic carbocycles. The minimum atomic E-state index is 0. The van der Waals surface area contributed by atoms with E-state index in [0.717, 1.165) is 31.2 Å². The Morgan fingerprint density at radius 3 is 2.68 bits per heavy atom. The van der Waals surface area contributed by atoms with Gasteiger partial charge < -0.3 is 15.1 Å². The lowest BCUT2D eigenvalue weighted by Gasteiger charge is -2.35. The fraction of sp³-hybridized carbons (Fsp3) is 0.450. The van der Waals surface area contributed by atoms with Crippen molar-refractivity contribution in [2.24, 2.45) is 12.0 Å². The van der Waals surface area contributed by atoms with Crippen LogP contribution in [0.3, 0.4) is 0 Å². The van der Waals surface area contributed by atoms with Crippen molar-refractivity contribution in [3.8, 4) is 0 Å². The predicted molar refractivity (Wildman–Crippen MR) is 124 cm³/mol. The number of halogens is 1. The smallest absolute Gasteiger partial charge is 0.246 e. The highest BCUT2D eigenvalue weighted by Gasteiger charge is 2.27. The lowest BCUT2D eigenvalue weighted by Crippen LogP contribution is -2.55. The molecular formula is C20H29IN6O. The Hall–Kier alpha value is -2.10. The molecule has 2 aromatic rings. The molecule has 28 heavy (non-hydrogen) atoms. The minimum Gasteiger partial charge on any atom is -0.356 e. The van der Waals surface area contributed by atoms with Crippen molar-refractivity contribution >= 4 is 41.5 Å². The highest BCUT2D eigenvalue weighted by molar-refractivity contribution is 14.0. The summed E-state index contributed by atoms with van der Waals surface area (Å²) < 4.78 is 1.71. The lowest BCUT2D eigenvalue weighted by atomic mass is 10.0. The SMILES string of the molecule is CN=C(NCCc1ccc(C)cc1C)N1CCN(c2cnn(C)c2)C(=O)C1.I. The third-order valence-corrected chi connectivity index (χ3v) is 4.91. The molecule has 1 aliphatic heterocycles. The average molecular weight is 496 g/mol. The number of anilines is 1. The fourth-order valence-electron chi connectivity index (χ4n) is 3.44. The van der Waals surface area contributed by atoms with Crippen LogP contribution in [0.25, 0.3) is 0 Å². The Bertz CT molecular complexity index is 847. The maximum atomic E-state index is 12.6. The fourth-order valence-corrected chi connectivity index (χ4v) is 3.44. The molecule has 0 spiro atoms. The number of amides is 1. The number of carbonyl (C=O) groups is 1. The van der Waals surface area contributed by atoms with E-state index in [1.807, 2.05) is 18.1 Å². The van der Waals surface area contributed by atoms with Gasteiger partial charge in [0.15, 0.2) is 5.96 Å². The monoisotopic (exact) mass is 496 g/mol. The first-order valence-corrected chi connectivity index (χ1v) is 9.28. The van der Waals surface area contributed by atoms with Gasteiger partial charge in [0.1, 0.15) is 6.54 Å². The minimum absolute atomic E-state index is 0. The average Bonchev–Trinajstić information content (AvgIpc) is 3.06. The molecular weight excluding hydrogens is 467 g/mol. The third-order valence-electron chi connectivity index (χ3n) is 4.91. The first-order valence-electron chi connectivity index (χ1n) is 9.28. The molecule has 1 fully saturated rings. The Morgan fingerprint density at radius 2 is 2.07 bits per heavy atom. The van der Waals surface area contributed by atoms with Crippen molar-refractivity contribution in [1.29, 1.82) is 0 Å². The van der Waals surface area contributed by atoms with Crippen molar-refractivity contribution in [3.63, 3.8) is 0 Å².